The van der Waals surface area contributed by atoms with Gasteiger partial charge in [-0.3, -0.25) is 9.78 Å². The van der Waals surface area contributed by atoms with E-state index in [4.69, 9.17) is 21.7 Å². The number of pyridine rings is 1. The Morgan fingerprint density at radius 3 is 2.52 bits per heavy atom. The number of nitrogens with zero attached hydrogens (tertiary/aromatic N) is 3. The third kappa shape index (κ3) is 5.05. The third-order valence-electron chi connectivity index (χ3n) is 7.25. The number of carbonyl (C=O) groups excluding carboxylic acids is 1. The van der Waals surface area contributed by atoms with Crippen LogP contribution in [0.5, 0.6) is 5.75 Å². The Hall–Kier alpha value is -4.21. The Morgan fingerprint density at radius 2 is 1.82 bits per heavy atom. The first-order valence-corrected chi connectivity index (χ1v) is 13.5. The number of para-hydroxylation sites is 1. The normalized spacial score (nSPS) is 16.6. The SMILES string of the molecule is COCC(=O)Nc1cc(N2C(=S)N[C@@H](c3ccccn3)[C@H]2c2cc(C)n(-c3ccccc3C)c2C)ccc1OC. The maximum atomic E-state index is 12.4. The molecule has 2 atom stereocenters. The average Bonchev–Trinajstić information content (AvgIpc) is 3.44. The van der Waals surface area contributed by atoms with Gasteiger partial charge in [0.15, 0.2) is 5.11 Å². The van der Waals surface area contributed by atoms with Crippen LogP contribution in [0.4, 0.5) is 11.4 Å². The average molecular weight is 556 g/mol. The number of aryl methyl sites for hydroxylation is 2. The molecule has 4 aromatic rings. The molecule has 1 amide bonds. The number of aromatic nitrogens is 2. The number of anilines is 2. The van der Waals surface area contributed by atoms with Crippen LogP contribution in [-0.4, -0.2) is 41.4 Å². The van der Waals surface area contributed by atoms with Crippen LogP contribution in [0.1, 0.15) is 40.3 Å². The predicted octanol–water partition coefficient (Wildman–Crippen LogP) is 5.57. The Balaban J connectivity index is 1.66. The van der Waals surface area contributed by atoms with Crippen molar-refractivity contribution in [3.8, 4) is 11.4 Å². The highest BCUT2D eigenvalue weighted by Gasteiger charge is 2.42. The van der Waals surface area contributed by atoms with E-state index < -0.39 is 0 Å². The topological polar surface area (TPSA) is 80.7 Å². The lowest BCUT2D eigenvalue weighted by atomic mass is 9.96. The minimum atomic E-state index is -0.273. The first-order valence-electron chi connectivity index (χ1n) is 13.1. The second-order valence-corrected chi connectivity index (χ2v) is 10.2. The molecule has 9 heteroatoms. The number of rotatable bonds is 8. The van der Waals surface area contributed by atoms with Gasteiger partial charge in [-0.2, -0.15) is 0 Å². The van der Waals surface area contributed by atoms with E-state index in [1.165, 1.54) is 12.7 Å². The van der Waals surface area contributed by atoms with Crippen LogP contribution >= 0.6 is 12.2 Å². The van der Waals surface area contributed by atoms with E-state index in [0.717, 1.165) is 34.0 Å². The molecule has 1 saturated heterocycles. The molecule has 0 radical (unpaired) electrons. The Morgan fingerprint density at radius 1 is 1.05 bits per heavy atom. The second kappa shape index (κ2) is 11.5. The summed E-state index contributed by atoms with van der Waals surface area (Å²) in [6.07, 6.45) is 1.80. The molecule has 40 heavy (non-hydrogen) atoms. The van der Waals surface area contributed by atoms with E-state index in [1.54, 1.807) is 13.3 Å². The third-order valence-corrected chi connectivity index (χ3v) is 7.57. The summed E-state index contributed by atoms with van der Waals surface area (Å²) in [6, 6.07) is 21.8. The van der Waals surface area contributed by atoms with Crippen LogP contribution in [0.15, 0.2) is 72.9 Å². The largest absolute Gasteiger partial charge is 0.495 e. The van der Waals surface area contributed by atoms with Gasteiger partial charge in [0.05, 0.1) is 30.6 Å². The lowest BCUT2D eigenvalue weighted by Gasteiger charge is -2.29. The molecule has 1 fully saturated rings. The maximum Gasteiger partial charge on any atom is 0.250 e. The van der Waals surface area contributed by atoms with Gasteiger partial charge < -0.3 is 29.6 Å². The number of benzene rings is 2. The molecule has 2 aromatic carbocycles. The Bertz CT molecular complexity index is 1550. The Labute approximate surface area is 239 Å². The van der Waals surface area contributed by atoms with E-state index in [1.807, 2.05) is 36.4 Å². The Kier molecular flexibility index (Phi) is 7.86. The molecule has 0 spiro atoms. The van der Waals surface area contributed by atoms with Gasteiger partial charge in [0.25, 0.3) is 0 Å². The molecule has 3 heterocycles. The summed E-state index contributed by atoms with van der Waals surface area (Å²) in [6.45, 7) is 6.33. The summed E-state index contributed by atoms with van der Waals surface area (Å²) in [5, 5.41) is 7.00. The van der Waals surface area contributed by atoms with Crippen molar-refractivity contribution < 1.29 is 14.3 Å². The van der Waals surface area contributed by atoms with Crippen molar-refractivity contribution in [2.24, 2.45) is 0 Å². The predicted molar refractivity (Wildman–Crippen MR) is 161 cm³/mol. The summed E-state index contributed by atoms with van der Waals surface area (Å²) < 4.78 is 12.8. The number of hydrogen-bond donors (Lipinski definition) is 2. The molecule has 0 bridgehead atoms. The molecule has 8 nitrogen and oxygen atoms in total. The van der Waals surface area contributed by atoms with Crippen LogP contribution in [0, 0.1) is 20.8 Å². The zero-order valence-electron chi connectivity index (χ0n) is 23.3. The van der Waals surface area contributed by atoms with Crippen molar-refractivity contribution in [2.45, 2.75) is 32.9 Å². The monoisotopic (exact) mass is 555 g/mol. The van der Waals surface area contributed by atoms with E-state index in [2.05, 4.69) is 76.2 Å². The molecule has 0 aliphatic carbocycles. The van der Waals surface area contributed by atoms with Gasteiger partial charge in [-0.1, -0.05) is 24.3 Å². The summed E-state index contributed by atoms with van der Waals surface area (Å²) in [4.78, 5) is 19.2. The summed E-state index contributed by atoms with van der Waals surface area (Å²) in [5.74, 6) is 0.270. The van der Waals surface area contributed by atoms with Gasteiger partial charge in [0.2, 0.25) is 5.91 Å². The lowest BCUT2D eigenvalue weighted by molar-refractivity contribution is -0.119. The van der Waals surface area contributed by atoms with Crippen molar-refractivity contribution in [1.29, 1.82) is 0 Å². The molecule has 2 aromatic heterocycles. The quantitative estimate of drug-likeness (QED) is 0.275. The highest BCUT2D eigenvalue weighted by molar-refractivity contribution is 7.80. The molecule has 1 aliphatic heterocycles. The molecular formula is C31H33N5O3S. The molecule has 2 N–H and O–H groups in total. The highest BCUT2D eigenvalue weighted by Crippen LogP contribution is 2.45. The standard InChI is InChI=1S/C31H33N5O3S/c1-19-10-6-7-12-26(19)35-20(2)16-23(21(35)3)30-29(24-11-8-9-15-32-24)34-31(40)36(30)22-13-14-27(39-5)25(17-22)33-28(37)18-38-4/h6-17,29-30H,18H2,1-5H3,(H,33,37)(H,34,40)/t29-,30+/m0/s1. The van der Waals surface area contributed by atoms with Crippen LogP contribution < -0.4 is 20.3 Å². The number of amides is 1. The molecule has 1 aliphatic rings. The summed E-state index contributed by atoms with van der Waals surface area (Å²) in [7, 11) is 3.06. The van der Waals surface area contributed by atoms with Crippen LogP contribution in [0.25, 0.3) is 5.69 Å². The van der Waals surface area contributed by atoms with Gasteiger partial charge >= 0.3 is 0 Å². The van der Waals surface area contributed by atoms with Crippen molar-refractivity contribution in [1.82, 2.24) is 14.9 Å². The van der Waals surface area contributed by atoms with Crippen LogP contribution in [0.3, 0.4) is 0 Å². The number of hydrogen-bond acceptors (Lipinski definition) is 5. The van der Waals surface area contributed by atoms with Crippen LogP contribution in [0.2, 0.25) is 0 Å². The molecular weight excluding hydrogens is 522 g/mol. The minimum absolute atomic E-state index is 0.0632. The van der Waals surface area contributed by atoms with E-state index in [9.17, 15) is 4.79 Å². The van der Waals surface area contributed by atoms with Crippen molar-refractivity contribution >= 4 is 34.6 Å². The molecule has 0 unspecified atom stereocenters. The molecule has 0 saturated carbocycles. The lowest BCUT2D eigenvalue weighted by Crippen LogP contribution is -2.29. The highest BCUT2D eigenvalue weighted by atomic mass is 32.1. The van der Waals surface area contributed by atoms with E-state index in [-0.39, 0.29) is 24.6 Å². The van der Waals surface area contributed by atoms with E-state index in [0.29, 0.717) is 16.5 Å². The summed E-state index contributed by atoms with van der Waals surface area (Å²) in [5.41, 5.74) is 7.96. The fraction of sp³-hybridized carbons (Fsp3) is 0.258. The van der Waals surface area contributed by atoms with Gasteiger partial charge in [0, 0.05) is 36.1 Å². The van der Waals surface area contributed by atoms with Crippen molar-refractivity contribution in [3.63, 3.8) is 0 Å². The first kappa shape index (κ1) is 27.4. The van der Waals surface area contributed by atoms with Gasteiger partial charge in [-0.15, -0.1) is 0 Å². The second-order valence-electron chi connectivity index (χ2n) is 9.81. The molecule has 206 valence electrons. The fourth-order valence-corrected chi connectivity index (χ4v) is 5.83. The molecule has 5 rings (SSSR count). The zero-order valence-corrected chi connectivity index (χ0v) is 24.1. The van der Waals surface area contributed by atoms with Crippen LogP contribution in [-0.2, 0) is 9.53 Å². The van der Waals surface area contributed by atoms with Crippen molar-refractivity contribution in [3.05, 3.63) is 101 Å². The van der Waals surface area contributed by atoms with Gasteiger partial charge in [-0.05, 0) is 86.6 Å². The number of carbonyl (C=O) groups is 1. The number of thiocarbonyl (C=S) groups is 1. The summed E-state index contributed by atoms with van der Waals surface area (Å²) >= 11 is 5.95. The maximum absolute atomic E-state index is 12.4. The van der Waals surface area contributed by atoms with Gasteiger partial charge in [0.1, 0.15) is 12.4 Å². The van der Waals surface area contributed by atoms with E-state index >= 15 is 0 Å². The zero-order chi connectivity index (χ0) is 28.4. The number of nitrogens with one attached hydrogen (secondary N) is 2. The number of ether oxygens (including phenoxy) is 2. The number of methoxy groups -OCH3 is 2. The van der Waals surface area contributed by atoms with Gasteiger partial charge in [-0.25, -0.2) is 0 Å². The van der Waals surface area contributed by atoms with Crippen molar-refractivity contribution in [2.75, 3.05) is 31.0 Å². The first-order chi connectivity index (χ1) is 19.3. The minimum Gasteiger partial charge on any atom is -0.495 e. The fourth-order valence-electron chi connectivity index (χ4n) is 5.48. The smallest absolute Gasteiger partial charge is 0.250 e.